The van der Waals surface area contributed by atoms with Crippen LogP contribution in [0, 0.1) is 5.92 Å². The summed E-state index contributed by atoms with van der Waals surface area (Å²) in [7, 11) is 0. The number of benzene rings is 2. The first-order chi connectivity index (χ1) is 22.4. The molecule has 4 atom stereocenters. The summed E-state index contributed by atoms with van der Waals surface area (Å²) in [6, 6.07) is 10.5. The van der Waals surface area contributed by atoms with Gasteiger partial charge >= 0.3 is 6.18 Å². The predicted molar refractivity (Wildman–Crippen MR) is 167 cm³/mol. The molecule has 2 aromatic carbocycles. The highest BCUT2D eigenvalue weighted by atomic mass is 19.4. The number of hydrogen-bond donors (Lipinski definition) is 3. The van der Waals surface area contributed by atoms with Gasteiger partial charge in [-0.2, -0.15) is 13.2 Å². The smallest absolute Gasteiger partial charge is 0.405 e. The van der Waals surface area contributed by atoms with E-state index in [-0.39, 0.29) is 25.2 Å². The molecule has 0 unspecified atom stereocenters. The molecule has 4 amide bonds. The minimum Gasteiger partial charge on any atom is -0.457 e. The van der Waals surface area contributed by atoms with Crippen LogP contribution in [0.5, 0.6) is 11.5 Å². The van der Waals surface area contributed by atoms with Gasteiger partial charge in [-0.1, -0.05) is 31.2 Å². The van der Waals surface area contributed by atoms with Gasteiger partial charge in [0.05, 0.1) is 0 Å². The minimum absolute atomic E-state index is 0.123. The third kappa shape index (κ3) is 9.69. The average Bonchev–Trinajstić information content (AvgIpc) is 3.45. The van der Waals surface area contributed by atoms with Crippen molar-refractivity contribution >= 4 is 23.6 Å². The normalized spacial score (nSPS) is 24.7. The Bertz CT molecular complexity index is 1450. The maximum absolute atomic E-state index is 14.0. The molecule has 5 rings (SSSR count). The van der Waals surface area contributed by atoms with Gasteiger partial charge in [0.2, 0.25) is 23.6 Å². The second-order valence-corrected chi connectivity index (χ2v) is 12.8. The fourth-order valence-corrected chi connectivity index (χ4v) is 6.54. The lowest BCUT2D eigenvalue weighted by atomic mass is 9.99. The molecule has 3 aliphatic heterocycles. The lowest BCUT2D eigenvalue weighted by molar-refractivity contribution is -0.141. The molecule has 0 aromatic heterocycles. The first-order valence-electron chi connectivity index (χ1n) is 16.3. The van der Waals surface area contributed by atoms with Crippen LogP contribution in [0.4, 0.5) is 13.2 Å². The standard InChI is InChI=1S/C34H42F3N5O5/c1-22-6-4-13-41(20-22)15-12-27-32(45)40-28(31(44)38-21-34(35,36)37)18-23-7-2-9-25(16-23)47-26-10-3-8-24(17-26)19-29(33(46)39-27)42-14-5-11-30(42)43/h2-3,7-10,16-17,22,27-29H,4-6,11-15,18-21H2,1H3,(H,38,44)(H,39,46)(H,40,45)/t22-,27+,28+,29+/m1/s1. The second kappa shape index (κ2) is 15.2. The molecular formula is C34H42F3N5O5. The van der Waals surface area contributed by atoms with Crippen molar-refractivity contribution in [3.05, 3.63) is 59.7 Å². The number of amides is 4. The van der Waals surface area contributed by atoms with Crippen molar-refractivity contribution in [2.24, 2.45) is 5.92 Å². The third-order valence-electron chi connectivity index (χ3n) is 8.89. The second-order valence-electron chi connectivity index (χ2n) is 12.8. The van der Waals surface area contributed by atoms with E-state index in [1.165, 1.54) is 4.90 Å². The van der Waals surface area contributed by atoms with Crippen LogP contribution in [0.2, 0.25) is 0 Å². The van der Waals surface area contributed by atoms with Gasteiger partial charge in [-0.05, 0) is 73.5 Å². The summed E-state index contributed by atoms with van der Waals surface area (Å²) in [6.45, 7) is 3.16. The van der Waals surface area contributed by atoms with E-state index in [1.807, 2.05) is 11.4 Å². The molecule has 10 nitrogen and oxygen atoms in total. The Hall–Kier alpha value is -4.13. The van der Waals surface area contributed by atoms with Crippen molar-refractivity contribution in [2.45, 2.75) is 76.2 Å². The fourth-order valence-electron chi connectivity index (χ4n) is 6.54. The molecule has 47 heavy (non-hydrogen) atoms. The minimum atomic E-state index is -4.65. The Morgan fingerprint density at radius 1 is 0.957 bits per heavy atom. The van der Waals surface area contributed by atoms with Crippen molar-refractivity contribution in [3.63, 3.8) is 0 Å². The highest BCUT2D eigenvalue weighted by Crippen LogP contribution is 2.26. The van der Waals surface area contributed by atoms with E-state index < -0.39 is 48.6 Å². The zero-order valence-corrected chi connectivity index (χ0v) is 26.5. The van der Waals surface area contributed by atoms with Crippen molar-refractivity contribution in [1.29, 1.82) is 0 Å². The molecule has 0 radical (unpaired) electrons. The molecule has 2 saturated heterocycles. The zero-order valence-electron chi connectivity index (χ0n) is 26.5. The number of nitrogens with one attached hydrogen (secondary N) is 3. The van der Waals surface area contributed by atoms with Gasteiger partial charge in [-0.25, -0.2) is 0 Å². The van der Waals surface area contributed by atoms with Crippen LogP contribution < -0.4 is 20.7 Å². The van der Waals surface area contributed by atoms with Gasteiger partial charge in [-0.15, -0.1) is 0 Å². The van der Waals surface area contributed by atoms with E-state index in [4.69, 9.17) is 4.74 Å². The number of alkyl halides is 3. The molecule has 13 heteroatoms. The maximum Gasteiger partial charge on any atom is 0.405 e. The molecule has 3 heterocycles. The SMILES string of the molecule is C[C@@H]1CCCN(CC[C@@H]2NC(=O)[C@@H](N3CCCC3=O)Cc3cccc(c3)Oc3cccc(c3)C[C@@H](C(=O)NCC(F)(F)F)NC2=O)C1. The summed E-state index contributed by atoms with van der Waals surface area (Å²) in [4.78, 5) is 57.7. The Labute approximate surface area is 272 Å². The van der Waals surface area contributed by atoms with Gasteiger partial charge in [0.25, 0.3) is 0 Å². The largest absolute Gasteiger partial charge is 0.457 e. The quantitative estimate of drug-likeness (QED) is 0.439. The first-order valence-corrected chi connectivity index (χ1v) is 16.3. The van der Waals surface area contributed by atoms with Crippen LogP contribution in [0.1, 0.15) is 50.2 Å². The summed E-state index contributed by atoms with van der Waals surface area (Å²) in [5.41, 5.74) is 1.31. The number of nitrogens with zero attached hydrogens (tertiary/aromatic N) is 2. The van der Waals surface area contributed by atoms with Gasteiger partial charge in [0.1, 0.15) is 36.2 Å². The lowest BCUT2D eigenvalue weighted by Gasteiger charge is -2.33. The highest BCUT2D eigenvalue weighted by molar-refractivity contribution is 5.94. The predicted octanol–water partition coefficient (Wildman–Crippen LogP) is 3.34. The topological polar surface area (TPSA) is 120 Å². The third-order valence-corrected chi connectivity index (χ3v) is 8.89. The van der Waals surface area contributed by atoms with E-state index in [2.05, 4.69) is 22.5 Å². The molecule has 254 valence electrons. The molecule has 3 aliphatic rings. The number of rotatable bonds is 6. The van der Waals surface area contributed by atoms with Crippen LogP contribution in [-0.2, 0) is 32.0 Å². The molecule has 2 aromatic rings. The van der Waals surface area contributed by atoms with E-state index in [1.54, 1.807) is 42.5 Å². The lowest BCUT2D eigenvalue weighted by Crippen LogP contribution is -2.58. The summed E-state index contributed by atoms with van der Waals surface area (Å²) < 4.78 is 45.2. The van der Waals surface area contributed by atoms with Gasteiger partial charge in [-0.3, -0.25) is 19.2 Å². The van der Waals surface area contributed by atoms with Crippen LogP contribution >= 0.6 is 0 Å². The van der Waals surface area contributed by atoms with Crippen LogP contribution in [0.15, 0.2) is 48.5 Å². The average molecular weight is 658 g/mol. The van der Waals surface area contributed by atoms with Gasteiger partial charge < -0.3 is 30.5 Å². The van der Waals surface area contributed by atoms with E-state index >= 15 is 0 Å². The summed E-state index contributed by atoms with van der Waals surface area (Å²) in [5.74, 6) is -0.991. The maximum atomic E-state index is 14.0. The van der Waals surface area contributed by atoms with Gasteiger partial charge in [0, 0.05) is 38.9 Å². The summed E-state index contributed by atoms with van der Waals surface area (Å²) in [6.07, 6.45) is -1.36. The number of piperidine rings is 1. The van der Waals surface area contributed by atoms with Crippen molar-refractivity contribution in [1.82, 2.24) is 25.8 Å². The Kier molecular flexibility index (Phi) is 11.1. The number of likely N-dealkylation sites (tertiary alicyclic amines) is 2. The first kappa shape index (κ1) is 34.2. The van der Waals surface area contributed by atoms with Gasteiger partial charge in [0.15, 0.2) is 0 Å². The number of halogens is 3. The highest BCUT2D eigenvalue weighted by Gasteiger charge is 2.36. The molecule has 0 spiro atoms. The molecule has 4 bridgehead atoms. The van der Waals surface area contributed by atoms with E-state index in [0.29, 0.717) is 48.9 Å². The number of fused-ring (bicyclic) bond motifs is 4. The summed E-state index contributed by atoms with van der Waals surface area (Å²) in [5, 5.41) is 7.39. The number of hydrogen-bond acceptors (Lipinski definition) is 6. The Morgan fingerprint density at radius 3 is 2.30 bits per heavy atom. The van der Waals surface area contributed by atoms with Crippen LogP contribution in [-0.4, -0.2) is 90.5 Å². The number of carbonyl (C=O) groups is 4. The fraction of sp³-hybridized carbons (Fsp3) is 0.529. The molecular weight excluding hydrogens is 615 g/mol. The van der Waals surface area contributed by atoms with Crippen molar-refractivity contribution < 1.29 is 37.1 Å². The zero-order chi connectivity index (χ0) is 33.6. The Morgan fingerprint density at radius 2 is 1.66 bits per heavy atom. The molecule has 0 saturated carbocycles. The molecule has 0 aliphatic carbocycles. The van der Waals surface area contributed by atoms with Crippen LogP contribution in [0.3, 0.4) is 0 Å². The number of carbonyl (C=O) groups excluding carboxylic acids is 4. The van der Waals surface area contributed by atoms with E-state index in [9.17, 15) is 32.3 Å². The Balaban J connectivity index is 1.49. The monoisotopic (exact) mass is 657 g/mol. The van der Waals surface area contributed by atoms with E-state index in [0.717, 1.165) is 31.5 Å². The summed E-state index contributed by atoms with van der Waals surface area (Å²) >= 11 is 0. The number of ether oxygens (including phenoxy) is 1. The van der Waals surface area contributed by atoms with Crippen LogP contribution in [0.25, 0.3) is 0 Å². The van der Waals surface area contributed by atoms with Crippen molar-refractivity contribution in [2.75, 3.05) is 32.7 Å². The molecule has 2 fully saturated rings. The molecule has 3 N–H and O–H groups in total. The van der Waals surface area contributed by atoms with Crippen molar-refractivity contribution in [3.8, 4) is 11.5 Å².